The summed E-state index contributed by atoms with van der Waals surface area (Å²) in [5.74, 6) is 2.31. The summed E-state index contributed by atoms with van der Waals surface area (Å²) in [5.41, 5.74) is 4.18. The highest BCUT2D eigenvalue weighted by atomic mass is 16.5. The molecule has 9 nitrogen and oxygen atoms in total. The van der Waals surface area contributed by atoms with Gasteiger partial charge in [-0.15, -0.1) is 0 Å². The fourth-order valence-electron chi connectivity index (χ4n) is 4.76. The Balaban J connectivity index is 1.48. The number of aliphatic hydroxyl groups is 1. The molecule has 2 aromatic heterocycles. The SMILES string of the molecule is Cc1cc(-c2cnn3c(NCC4CCOCC4)cc(N[C@H](CO)C(C)C)nc23)ccc1C(=O)NC1CC1. The monoisotopic (exact) mass is 506 g/mol. The van der Waals surface area contributed by atoms with E-state index in [4.69, 9.17) is 9.72 Å². The molecule has 0 unspecified atom stereocenters. The summed E-state index contributed by atoms with van der Waals surface area (Å²) in [7, 11) is 0. The topological polar surface area (TPSA) is 113 Å². The highest BCUT2D eigenvalue weighted by molar-refractivity contribution is 5.97. The molecule has 1 aliphatic heterocycles. The number of nitrogens with one attached hydrogen (secondary N) is 3. The zero-order chi connectivity index (χ0) is 25.9. The Kier molecular flexibility index (Phi) is 7.62. The third-order valence-electron chi connectivity index (χ3n) is 7.41. The van der Waals surface area contributed by atoms with Crippen LogP contribution in [0.3, 0.4) is 0 Å². The molecule has 3 aromatic rings. The first-order valence-corrected chi connectivity index (χ1v) is 13.4. The van der Waals surface area contributed by atoms with E-state index >= 15 is 0 Å². The molecule has 0 bridgehead atoms. The summed E-state index contributed by atoms with van der Waals surface area (Å²) in [6, 6.07) is 8.05. The standard InChI is InChI=1S/C28H38N6O3/c1-17(2)24(16-35)32-25-13-26(29-14-19-8-10-37-11-9-19)34-27(33-25)23(15-30-34)20-4-7-22(18(3)12-20)28(36)31-21-5-6-21/h4,7,12-13,15,17,19,21,24,29,35H,5-6,8-11,14,16H2,1-3H3,(H,31,36)(H,32,33)/t24-/m1/s1. The Morgan fingerprint density at radius 1 is 1.19 bits per heavy atom. The number of anilines is 2. The number of hydrogen-bond acceptors (Lipinski definition) is 7. The number of nitrogens with zero attached hydrogens (tertiary/aromatic N) is 3. The van der Waals surface area contributed by atoms with Gasteiger partial charge in [0, 0.05) is 43.0 Å². The molecule has 0 radical (unpaired) electrons. The van der Waals surface area contributed by atoms with Crippen molar-refractivity contribution in [2.75, 3.05) is 37.0 Å². The van der Waals surface area contributed by atoms with Crippen molar-refractivity contribution in [1.29, 1.82) is 0 Å². The van der Waals surface area contributed by atoms with Gasteiger partial charge in [-0.05, 0) is 61.6 Å². The van der Waals surface area contributed by atoms with Gasteiger partial charge in [-0.25, -0.2) is 4.98 Å². The van der Waals surface area contributed by atoms with Gasteiger partial charge in [0.25, 0.3) is 5.91 Å². The number of aryl methyl sites for hydroxylation is 1. The van der Waals surface area contributed by atoms with E-state index in [2.05, 4.69) is 34.9 Å². The molecule has 9 heteroatoms. The fraction of sp³-hybridized carbons (Fsp3) is 0.536. The summed E-state index contributed by atoms with van der Waals surface area (Å²) in [5, 5.41) is 24.7. The molecule has 1 atom stereocenters. The van der Waals surface area contributed by atoms with Crippen LogP contribution in [0.25, 0.3) is 16.8 Å². The molecule has 1 saturated carbocycles. The van der Waals surface area contributed by atoms with Gasteiger partial charge >= 0.3 is 0 Å². The second-order valence-corrected chi connectivity index (χ2v) is 10.7. The van der Waals surface area contributed by atoms with E-state index in [1.807, 2.05) is 41.9 Å². The predicted molar refractivity (Wildman–Crippen MR) is 145 cm³/mol. The highest BCUT2D eigenvalue weighted by Gasteiger charge is 2.25. The van der Waals surface area contributed by atoms with Crippen molar-refractivity contribution in [1.82, 2.24) is 19.9 Å². The van der Waals surface area contributed by atoms with Crippen molar-refractivity contribution in [2.24, 2.45) is 11.8 Å². The first kappa shape index (κ1) is 25.5. The number of aromatic nitrogens is 3. The average molecular weight is 507 g/mol. The van der Waals surface area contributed by atoms with Crippen molar-refractivity contribution in [3.63, 3.8) is 0 Å². The number of hydrogen-bond donors (Lipinski definition) is 4. The molecule has 2 fully saturated rings. The van der Waals surface area contributed by atoms with Gasteiger partial charge in [0.2, 0.25) is 0 Å². The van der Waals surface area contributed by atoms with Gasteiger partial charge < -0.3 is 25.8 Å². The van der Waals surface area contributed by atoms with Crippen LogP contribution < -0.4 is 16.0 Å². The Morgan fingerprint density at radius 3 is 2.65 bits per heavy atom. The third-order valence-corrected chi connectivity index (χ3v) is 7.41. The average Bonchev–Trinajstić information content (AvgIpc) is 3.61. The number of fused-ring (bicyclic) bond motifs is 1. The van der Waals surface area contributed by atoms with Gasteiger partial charge in [0.05, 0.1) is 18.8 Å². The number of benzene rings is 1. The first-order chi connectivity index (χ1) is 17.9. The van der Waals surface area contributed by atoms with E-state index in [-0.39, 0.29) is 24.5 Å². The van der Waals surface area contributed by atoms with Crippen LogP contribution in [-0.2, 0) is 4.74 Å². The lowest BCUT2D eigenvalue weighted by Crippen LogP contribution is -2.30. The maximum atomic E-state index is 12.6. The lowest BCUT2D eigenvalue weighted by Gasteiger charge is -2.24. The van der Waals surface area contributed by atoms with Crippen molar-refractivity contribution in [2.45, 2.75) is 58.5 Å². The minimum Gasteiger partial charge on any atom is -0.394 e. The molecule has 3 heterocycles. The summed E-state index contributed by atoms with van der Waals surface area (Å²) in [4.78, 5) is 17.5. The van der Waals surface area contributed by atoms with E-state index in [0.717, 1.165) is 73.6 Å². The van der Waals surface area contributed by atoms with Crippen LogP contribution in [-0.4, -0.2) is 64.1 Å². The molecule has 1 amide bonds. The van der Waals surface area contributed by atoms with Crippen molar-refractivity contribution >= 4 is 23.2 Å². The van der Waals surface area contributed by atoms with Crippen LogP contribution >= 0.6 is 0 Å². The van der Waals surface area contributed by atoms with Crippen LogP contribution in [0.1, 0.15) is 55.5 Å². The molecule has 1 aliphatic carbocycles. The second-order valence-electron chi connectivity index (χ2n) is 10.7. The minimum atomic E-state index is -0.115. The van der Waals surface area contributed by atoms with Gasteiger partial charge in [-0.3, -0.25) is 4.79 Å². The number of ether oxygens (including phenoxy) is 1. The van der Waals surface area contributed by atoms with Crippen molar-refractivity contribution < 1.29 is 14.6 Å². The summed E-state index contributed by atoms with van der Waals surface area (Å²) < 4.78 is 7.35. The van der Waals surface area contributed by atoms with E-state index < -0.39 is 0 Å². The van der Waals surface area contributed by atoms with Crippen molar-refractivity contribution in [3.05, 3.63) is 41.6 Å². The maximum absolute atomic E-state index is 12.6. The lowest BCUT2D eigenvalue weighted by molar-refractivity contribution is 0.0699. The Morgan fingerprint density at radius 2 is 1.97 bits per heavy atom. The fourth-order valence-corrected chi connectivity index (χ4v) is 4.76. The number of aliphatic hydroxyl groups excluding tert-OH is 1. The quantitative estimate of drug-likeness (QED) is 0.330. The van der Waals surface area contributed by atoms with E-state index in [0.29, 0.717) is 23.3 Å². The van der Waals surface area contributed by atoms with Crippen LogP contribution in [0.15, 0.2) is 30.5 Å². The van der Waals surface area contributed by atoms with Crippen molar-refractivity contribution in [3.8, 4) is 11.1 Å². The normalized spacial score (nSPS) is 17.2. The Hall–Kier alpha value is -3.17. The Labute approximate surface area is 218 Å². The molecule has 2 aliphatic rings. The Bertz CT molecular complexity index is 1250. The van der Waals surface area contributed by atoms with E-state index in [1.165, 1.54) is 0 Å². The van der Waals surface area contributed by atoms with Crippen LogP contribution in [0.2, 0.25) is 0 Å². The first-order valence-electron chi connectivity index (χ1n) is 13.4. The molecule has 0 spiro atoms. The molecule has 1 saturated heterocycles. The summed E-state index contributed by atoms with van der Waals surface area (Å²) in [6.07, 6.45) is 6.03. The second kappa shape index (κ2) is 11.1. The predicted octanol–water partition coefficient (Wildman–Crippen LogP) is 3.86. The van der Waals surface area contributed by atoms with Crippen LogP contribution in [0, 0.1) is 18.8 Å². The molecule has 1 aromatic carbocycles. The largest absolute Gasteiger partial charge is 0.394 e. The number of carbonyl (C=O) groups excluding carboxylic acids is 1. The zero-order valence-electron chi connectivity index (χ0n) is 22.0. The molecular weight excluding hydrogens is 468 g/mol. The van der Waals surface area contributed by atoms with Gasteiger partial charge in [0.1, 0.15) is 11.6 Å². The lowest BCUT2D eigenvalue weighted by atomic mass is 10.0. The molecule has 198 valence electrons. The van der Waals surface area contributed by atoms with Gasteiger partial charge in [-0.1, -0.05) is 26.0 Å². The number of amides is 1. The van der Waals surface area contributed by atoms with E-state index in [9.17, 15) is 9.90 Å². The summed E-state index contributed by atoms with van der Waals surface area (Å²) in [6.45, 7) is 8.57. The van der Waals surface area contributed by atoms with Crippen LogP contribution in [0.5, 0.6) is 0 Å². The molecule has 37 heavy (non-hydrogen) atoms. The van der Waals surface area contributed by atoms with Gasteiger partial charge in [-0.2, -0.15) is 9.61 Å². The van der Waals surface area contributed by atoms with Crippen LogP contribution in [0.4, 0.5) is 11.6 Å². The minimum absolute atomic E-state index is 0.0145. The summed E-state index contributed by atoms with van der Waals surface area (Å²) >= 11 is 0. The molecule has 4 N–H and O–H groups in total. The van der Waals surface area contributed by atoms with Gasteiger partial charge in [0.15, 0.2) is 5.65 Å². The number of rotatable bonds is 10. The molecular formula is C28H38N6O3. The molecule has 5 rings (SSSR count). The van der Waals surface area contributed by atoms with E-state index in [1.54, 1.807) is 0 Å². The highest BCUT2D eigenvalue weighted by Crippen LogP contribution is 2.30. The smallest absolute Gasteiger partial charge is 0.251 e. The third kappa shape index (κ3) is 5.88. The maximum Gasteiger partial charge on any atom is 0.251 e. The number of carbonyl (C=O) groups is 1. The zero-order valence-corrected chi connectivity index (χ0v) is 22.0.